The topological polar surface area (TPSA) is 121 Å². The molecule has 2 N–H and O–H groups in total. The molecule has 0 aliphatic heterocycles. The average Bonchev–Trinajstić information content (AvgIpc) is 3.17. The number of esters is 2. The van der Waals surface area contributed by atoms with Gasteiger partial charge in [0.2, 0.25) is 0 Å². The Morgan fingerprint density at radius 2 is 1.19 bits per heavy atom. The zero-order valence-corrected chi connectivity index (χ0v) is 30.6. The third-order valence-electron chi connectivity index (χ3n) is 8.45. The van der Waals surface area contributed by atoms with Gasteiger partial charge in [0.05, 0.1) is 30.8 Å². The van der Waals surface area contributed by atoms with E-state index < -0.39 is 24.0 Å². The largest absolute Gasteiger partial charge is 0.494 e. The molecule has 4 aromatic carbocycles. The number of aryl methyl sites for hydroxylation is 1. The molecule has 4 rings (SSSR count). The summed E-state index contributed by atoms with van der Waals surface area (Å²) in [5, 5.41) is 18.5. The molecule has 9 nitrogen and oxygen atoms in total. The lowest BCUT2D eigenvalue weighted by Crippen LogP contribution is -2.31. The summed E-state index contributed by atoms with van der Waals surface area (Å²) in [7, 11) is 0. The van der Waals surface area contributed by atoms with Crippen LogP contribution in [-0.4, -0.2) is 68.4 Å². The van der Waals surface area contributed by atoms with Crippen LogP contribution in [0.4, 0.5) is 0 Å². The van der Waals surface area contributed by atoms with Crippen molar-refractivity contribution in [3.8, 4) is 50.6 Å². The predicted octanol–water partition coefficient (Wildman–Crippen LogP) is 7.84. The normalized spacial score (nSPS) is 11.1. The first kappa shape index (κ1) is 39.7. The van der Waals surface area contributed by atoms with E-state index in [0.29, 0.717) is 11.5 Å². The van der Waals surface area contributed by atoms with Crippen LogP contribution in [0.3, 0.4) is 0 Å². The maximum absolute atomic E-state index is 12.3. The van der Waals surface area contributed by atoms with Gasteiger partial charge in [-0.15, -0.1) is 0 Å². The highest BCUT2D eigenvalue weighted by Gasteiger charge is 2.28. The molecule has 0 saturated carbocycles. The Morgan fingerprint density at radius 3 is 1.77 bits per heavy atom. The fraction of sp³-hybridized carbons (Fsp3) is 0.349. The fourth-order valence-electron chi connectivity index (χ4n) is 5.19. The Morgan fingerprint density at radius 1 is 0.635 bits per heavy atom. The molecule has 0 saturated heterocycles. The zero-order chi connectivity index (χ0) is 37.5. The van der Waals surface area contributed by atoms with Crippen molar-refractivity contribution in [3.05, 3.63) is 103 Å². The van der Waals surface area contributed by atoms with Gasteiger partial charge in [0.1, 0.15) is 43.7 Å². The molecular formula is C43H50O9. The predicted molar refractivity (Wildman–Crippen MR) is 203 cm³/mol. The van der Waals surface area contributed by atoms with Crippen LogP contribution in [0.5, 0.6) is 17.2 Å². The average molecular weight is 711 g/mol. The number of carbonyl (C=O) groups excluding carboxylic acids is 2. The van der Waals surface area contributed by atoms with E-state index in [1.807, 2.05) is 24.3 Å². The van der Waals surface area contributed by atoms with Crippen LogP contribution < -0.4 is 14.2 Å². The van der Waals surface area contributed by atoms with E-state index in [0.717, 1.165) is 65.0 Å². The monoisotopic (exact) mass is 710 g/mol. The molecule has 0 bridgehead atoms. The van der Waals surface area contributed by atoms with Crippen LogP contribution in [0.25, 0.3) is 33.4 Å². The molecule has 0 atom stereocenters. The van der Waals surface area contributed by atoms with Gasteiger partial charge in [-0.3, -0.25) is 4.79 Å². The smallest absolute Gasteiger partial charge is 0.335 e. The van der Waals surface area contributed by atoms with E-state index in [4.69, 9.17) is 28.8 Å². The van der Waals surface area contributed by atoms with Gasteiger partial charge >= 0.3 is 11.9 Å². The van der Waals surface area contributed by atoms with Gasteiger partial charge in [-0.25, -0.2) is 4.79 Å². The van der Waals surface area contributed by atoms with Gasteiger partial charge in [-0.1, -0.05) is 81.4 Å². The molecule has 52 heavy (non-hydrogen) atoms. The summed E-state index contributed by atoms with van der Waals surface area (Å²) in [6.07, 6.45) is 2.95. The van der Waals surface area contributed by atoms with E-state index in [9.17, 15) is 14.7 Å². The molecule has 0 unspecified atom stereocenters. The summed E-state index contributed by atoms with van der Waals surface area (Å²) < 4.78 is 28.1. The molecule has 0 radical (unpaired) electrons. The lowest BCUT2D eigenvalue weighted by molar-refractivity contribution is -0.156. The van der Waals surface area contributed by atoms with E-state index in [1.54, 1.807) is 19.9 Å². The Balaban J connectivity index is 1.52. The maximum atomic E-state index is 12.3. The van der Waals surface area contributed by atoms with E-state index in [-0.39, 0.29) is 38.6 Å². The van der Waals surface area contributed by atoms with Crippen molar-refractivity contribution in [3.63, 3.8) is 0 Å². The van der Waals surface area contributed by atoms with Gasteiger partial charge in [-0.05, 0) is 89.9 Å². The van der Waals surface area contributed by atoms with Crippen LogP contribution >= 0.6 is 0 Å². The Labute approximate surface area is 306 Å². The molecule has 9 heteroatoms. The van der Waals surface area contributed by atoms with Gasteiger partial charge in [0.25, 0.3) is 0 Å². The Bertz CT molecular complexity index is 1780. The van der Waals surface area contributed by atoms with Crippen LogP contribution in [0.1, 0.15) is 46.1 Å². The van der Waals surface area contributed by atoms with Crippen molar-refractivity contribution in [1.82, 2.24) is 0 Å². The lowest BCUT2D eigenvalue weighted by atomic mass is 9.92. The van der Waals surface area contributed by atoms with Gasteiger partial charge in [-0.2, -0.15) is 0 Å². The van der Waals surface area contributed by atoms with Gasteiger partial charge < -0.3 is 33.9 Å². The number of aliphatic hydroxyl groups is 2. The van der Waals surface area contributed by atoms with Crippen molar-refractivity contribution < 1.29 is 43.5 Å². The zero-order valence-electron chi connectivity index (χ0n) is 30.6. The highest BCUT2D eigenvalue weighted by atomic mass is 16.6. The number of hydrogen-bond donors (Lipinski definition) is 2. The number of unbranched alkanes of at least 4 members (excludes halogenated alkanes) is 1. The minimum atomic E-state index is -1.01. The second-order valence-corrected chi connectivity index (χ2v) is 13.0. The Hall–Kier alpha value is -5.12. The van der Waals surface area contributed by atoms with Crippen molar-refractivity contribution in [2.75, 3.05) is 46.2 Å². The van der Waals surface area contributed by atoms with E-state index in [1.165, 1.54) is 5.56 Å². The highest BCUT2D eigenvalue weighted by Crippen LogP contribution is 2.35. The minimum Gasteiger partial charge on any atom is -0.494 e. The van der Waals surface area contributed by atoms with Gasteiger partial charge in [0.15, 0.2) is 0 Å². The number of benzene rings is 4. The maximum Gasteiger partial charge on any atom is 0.335 e. The SMILES string of the molecule is C=C(CO)C(=O)OCCOc1cc(OCCOC(=O)C(C)(C)CO)cc(-c2ccc(-c3ccc(-c4ccc(OCCCC)cc4)cc3)c(CC)c2)c1. The molecule has 0 fully saturated rings. The van der Waals surface area contributed by atoms with Crippen molar-refractivity contribution >= 4 is 11.9 Å². The van der Waals surface area contributed by atoms with Crippen molar-refractivity contribution in [2.45, 2.75) is 47.0 Å². The quantitative estimate of drug-likeness (QED) is 0.0537. The molecule has 0 spiro atoms. The number of carbonyl (C=O) groups is 2. The first-order valence-corrected chi connectivity index (χ1v) is 17.7. The van der Waals surface area contributed by atoms with Crippen LogP contribution in [0.2, 0.25) is 0 Å². The Kier molecular flexibility index (Phi) is 14.9. The number of hydrogen-bond acceptors (Lipinski definition) is 9. The van der Waals surface area contributed by atoms with Crippen LogP contribution in [0, 0.1) is 5.41 Å². The fourth-order valence-corrected chi connectivity index (χ4v) is 5.19. The second kappa shape index (κ2) is 19.5. The molecule has 0 heterocycles. The summed E-state index contributed by atoms with van der Waals surface area (Å²) in [5.41, 5.74) is 6.43. The molecule has 0 aliphatic rings. The standard InChI is InChI=1S/C43H50O9/c1-6-8-19-48-37-16-13-33(14-17-37)32-9-11-34(12-10-32)40-18-15-35(24-31(40)7-2)36-25-38(49-20-22-51-41(46)30(3)28-44)27-39(26-36)50-21-23-52-42(47)43(4,5)29-45/h9-18,24-27,44-45H,3,6-8,19-23,28-29H2,1-2,4-5H3. The third kappa shape index (κ3) is 11.2. The second-order valence-electron chi connectivity index (χ2n) is 13.0. The molecule has 0 aliphatic carbocycles. The summed E-state index contributed by atoms with van der Waals surface area (Å²) in [5.74, 6) is 0.660. The molecule has 0 amide bonds. The number of aliphatic hydroxyl groups excluding tert-OH is 2. The summed E-state index contributed by atoms with van der Waals surface area (Å²) in [4.78, 5) is 24.1. The van der Waals surface area contributed by atoms with E-state index >= 15 is 0 Å². The molecular weight excluding hydrogens is 660 g/mol. The molecule has 0 aromatic heterocycles. The summed E-state index contributed by atoms with van der Waals surface area (Å²) in [6, 6.07) is 28.6. The van der Waals surface area contributed by atoms with Crippen molar-refractivity contribution in [2.24, 2.45) is 5.41 Å². The molecule has 276 valence electrons. The number of ether oxygens (including phenoxy) is 5. The minimum absolute atomic E-state index is 0.000378. The van der Waals surface area contributed by atoms with Gasteiger partial charge in [0, 0.05) is 6.07 Å². The van der Waals surface area contributed by atoms with Crippen molar-refractivity contribution in [1.29, 1.82) is 0 Å². The lowest BCUT2D eigenvalue weighted by Gasteiger charge is -2.19. The highest BCUT2D eigenvalue weighted by molar-refractivity contribution is 5.87. The van der Waals surface area contributed by atoms with Crippen LogP contribution in [0.15, 0.2) is 97.1 Å². The summed E-state index contributed by atoms with van der Waals surface area (Å²) in [6.45, 7) is 11.0. The summed E-state index contributed by atoms with van der Waals surface area (Å²) >= 11 is 0. The first-order chi connectivity index (χ1) is 25.1. The van der Waals surface area contributed by atoms with E-state index in [2.05, 4.69) is 75.0 Å². The van der Waals surface area contributed by atoms with Crippen LogP contribution in [-0.2, 0) is 25.5 Å². The molecule has 4 aromatic rings. The first-order valence-electron chi connectivity index (χ1n) is 17.7. The third-order valence-corrected chi connectivity index (χ3v) is 8.45. The number of rotatable bonds is 20.